The predicted octanol–water partition coefficient (Wildman–Crippen LogP) is 3.20. The molecule has 0 aliphatic heterocycles. The molecule has 5 aromatic rings. The Balaban J connectivity index is 1.21. The van der Waals surface area contributed by atoms with Gasteiger partial charge in [0.1, 0.15) is 23.8 Å². The number of para-hydroxylation sites is 2. The molecule has 4 heterocycles. The van der Waals surface area contributed by atoms with Gasteiger partial charge in [0.25, 0.3) is 0 Å². The van der Waals surface area contributed by atoms with Gasteiger partial charge in [0.2, 0.25) is 5.91 Å². The number of aryl methyl sites for hydroxylation is 2. The van der Waals surface area contributed by atoms with E-state index >= 15 is 0 Å². The number of nitrogens with one attached hydrogen (secondary N) is 1. The molecule has 0 aliphatic rings. The molecule has 4 aromatic heterocycles. The van der Waals surface area contributed by atoms with E-state index in [0.29, 0.717) is 30.6 Å². The lowest BCUT2D eigenvalue weighted by molar-refractivity contribution is -0.121. The van der Waals surface area contributed by atoms with E-state index in [1.165, 1.54) is 6.20 Å². The molecule has 0 spiro atoms. The molecule has 5 rings (SSSR count). The van der Waals surface area contributed by atoms with Gasteiger partial charge in [0, 0.05) is 30.6 Å². The molecule has 0 atom stereocenters. The van der Waals surface area contributed by atoms with E-state index in [4.69, 9.17) is 0 Å². The lowest BCUT2D eigenvalue weighted by Crippen LogP contribution is -2.23. The van der Waals surface area contributed by atoms with Crippen LogP contribution in [-0.4, -0.2) is 35.0 Å². The van der Waals surface area contributed by atoms with Crippen LogP contribution in [0.15, 0.2) is 55.1 Å². The summed E-state index contributed by atoms with van der Waals surface area (Å²) in [5, 5.41) is 16.4. The van der Waals surface area contributed by atoms with Gasteiger partial charge in [0.05, 0.1) is 17.2 Å². The zero-order valence-electron chi connectivity index (χ0n) is 18.9. The normalized spacial score (nSPS) is 11.1. The number of amides is 1. The number of imidazole rings is 1. The minimum Gasteiger partial charge on any atom is -0.352 e. The Labute approximate surface area is 195 Å². The van der Waals surface area contributed by atoms with Crippen LogP contribution in [0.4, 0.5) is 0 Å². The van der Waals surface area contributed by atoms with Crippen molar-refractivity contribution >= 4 is 22.6 Å². The average molecular weight is 451 g/mol. The van der Waals surface area contributed by atoms with Crippen LogP contribution in [0.3, 0.4) is 0 Å². The minimum absolute atomic E-state index is 0.0539. The maximum absolute atomic E-state index is 12.5. The van der Waals surface area contributed by atoms with Crippen LogP contribution < -0.4 is 5.32 Å². The molecule has 1 aromatic carbocycles. The molecule has 0 aliphatic carbocycles. The van der Waals surface area contributed by atoms with E-state index in [2.05, 4.69) is 31.4 Å². The van der Waals surface area contributed by atoms with Crippen molar-refractivity contribution in [1.29, 1.82) is 5.26 Å². The topological polar surface area (TPSA) is 114 Å². The van der Waals surface area contributed by atoms with Crippen LogP contribution in [0.25, 0.3) is 22.5 Å². The van der Waals surface area contributed by atoms with E-state index in [1.54, 1.807) is 17.0 Å². The number of nitriles is 1. The number of rotatable bonds is 6. The van der Waals surface area contributed by atoms with Crippen molar-refractivity contribution in [1.82, 2.24) is 34.4 Å². The van der Waals surface area contributed by atoms with Gasteiger partial charge in [-0.05, 0) is 49.6 Å². The van der Waals surface area contributed by atoms with Crippen molar-refractivity contribution in [3.63, 3.8) is 0 Å². The maximum atomic E-state index is 12.5. The van der Waals surface area contributed by atoms with E-state index in [-0.39, 0.29) is 5.91 Å². The third-order valence-corrected chi connectivity index (χ3v) is 5.93. The van der Waals surface area contributed by atoms with Gasteiger partial charge in [-0.1, -0.05) is 18.2 Å². The molecule has 0 unspecified atom stereocenters. The first-order valence-electron chi connectivity index (χ1n) is 10.9. The van der Waals surface area contributed by atoms with Crippen LogP contribution in [-0.2, 0) is 17.8 Å². The van der Waals surface area contributed by atoms with Gasteiger partial charge in [-0.3, -0.25) is 9.36 Å². The summed E-state index contributed by atoms with van der Waals surface area (Å²) in [6.07, 6.45) is 5.91. The highest BCUT2D eigenvalue weighted by molar-refractivity contribution is 5.77. The summed E-state index contributed by atoms with van der Waals surface area (Å²) < 4.78 is 3.60. The summed E-state index contributed by atoms with van der Waals surface area (Å²) in [5.41, 5.74) is 6.48. The predicted molar refractivity (Wildman–Crippen MR) is 126 cm³/mol. The Hall–Kier alpha value is -4.58. The first kappa shape index (κ1) is 21.3. The smallest absolute Gasteiger partial charge is 0.220 e. The molecule has 0 fully saturated rings. The molecule has 0 bridgehead atoms. The molecular weight excluding hydrogens is 428 g/mol. The van der Waals surface area contributed by atoms with Gasteiger partial charge < -0.3 is 5.32 Å². The van der Waals surface area contributed by atoms with Crippen LogP contribution in [0.5, 0.6) is 0 Å². The number of fused-ring (bicyclic) bond motifs is 2. The number of hydrogen-bond donors (Lipinski definition) is 1. The summed E-state index contributed by atoms with van der Waals surface area (Å²) in [6, 6.07) is 13.9. The zero-order valence-corrected chi connectivity index (χ0v) is 18.9. The lowest BCUT2D eigenvalue weighted by Gasteiger charge is -2.11. The highest BCUT2D eigenvalue weighted by Gasteiger charge is 2.15. The van der Waals surface area contributed by atoms with Crippen molar-refractivity contribution in [2.75, 3.05) is 0 Å². The van der Waals surface area contributed by atoms with Crippen molar-refractivity contribution in [2.24, 2.45) is 0 Å². The lowest BCUT2D eigenvalue weighted by atomic mass is 10.1. The molecule has 168 valence electrons. The highest BCUT2D eigenvalue weighted by Crippen LogP contribution is 2.19. The third kappa shape index (κ3) is 3.86. The van der Waals surface area contributed by atoms with Crippen LogP contribution in [0, 0.1) is 25.2 Å². The fourth-order valence-corrected chi connectivity index (χ4v) is 4.08. The fraction of sp³-hybridized carbons (Fsp3) is 0.200. The molecule has 1 amide bonds. The quantitative estimate of drug-likeness (QED) is 0.425. The second-order valence-electron chi connectivity index (χ2n) is 8.07. The van der Waals surface area contributed by atoms with Gasteiger partial charge >= 0.3 is 0 Å². The number of aromatic nitrogens is 6. The Bertz CT molecular complexity index is 1560. The number of pyridine rings is 1. The second-order valence-corrected chi connectivity index (χ2v) is 8.07. The Kier molecular flexibility index (Phi) is 5.47. The van der Waals surface area contributed by atoms with Crippen molar-refractivity contribution < 1.29 is 4.79 Å². The number of carbonyl (C=O) groups excluding carboxylic acids is 1. The van der Waals surface area contributed by atoms with Gasteiger partial charge in [-0.25, -0.2) is 19.5 Å². The van der Waals surface area contributed by atoms with E-state index in [1.807, 2.05) is 54.8 Å². The van der Waals surface area contributed by atoms with Crippen LogP contribution >= 0.6 is 0 Å². The molecule has 0 saturated carbocycles. The van der Waals surface area contributed by atoms with Crippen LogP contribution in [0.2, 0.25) is 0 Å². The van der Waals surface area contributed by atoms with E-state index < -0.39 is 0 Å². The van der Waals surface area contributed by atoms with E-state index in [9.17, 15) is 10.1 Å². The van der Waals surface area contributed by atoms with Crippen molar-refractivity contribution in [3.05, 3.63) is 83.2 Å². The third-order valence-electron chi connectivity index (χ3n) is 5.93. The van der Waals surface area contributed by atoms with Crippen molar-refractivity contribution in [3.8, 4) is 11.9 Å². The SMILES string of the molecule is Cc1nc2c(C#N)cnn2c(C)c1CCC(=O)NCc1ccc(-n2cnc3ccccc32)nc1. The standard InChI is InChI=1S/C25H22N8O/c1-16-20(17(2)33-25(31-16)19(11-26)14-30-33)8-10-24(34)28-13-18-7-9-23(27-12-18)32-15-29-21-5-3-4-6-22(21)32/h3-7,9,12,14-15H,8,10,13H2,1-2H3,(H,28,34). The van der Waals surface area contributed by atoms with E-state index in [0.717, 1.165) is 39.4 Å². The van der Waals surface area contributed by atoms with Gasteiger partial charge in [-0.2, -0.15) is 10.4 Å². The Morgan fingerprint density at radius 1 is 1.12 bits per heavy atom. The second kappa shape index (κ2) is 8.75. The number of carbonyl (C=O) groups is 1. The summed E-state index contributed by atoms with van der Waals surface area (Å²) in [5.74, 6) is 0.720. The minimum atomic E-state index is -0.0539. The summed E-state index contributed by atoms with van der Waals surface area (Å²) in [4.78, 5) is 25.9. The average Bonchev–Trinajstić information content (AvgIpc) is 3.47. The Morgan fingerprint density at radius 3 is 2.76 bits per heavy atom. The molecular formula is C25H22N8O. The fourth-order valence-electron chi connectivity index (χ4n) is 4.08. The zero-order chi connectivity index (χ0) is 23.7. The molecule has 1 N–H and O–H groups in total. The molecule has 34 heavy (non-hydrogen) atoms. The molecule has 9 nitrogen and oxygen atoms in total. The van der Waals surface area contributed by atoms with Gasteiger partial charge in [-0.15, -0.1) is 0 Å². The monoisotopic (exact) mass is 450 g/mol. The first-order valence-corrected chi connectivity index (χ1v) is 10.9. The highest BCUT2D eigenvalue weighted by atomic mass is 16.1. The molecule has 9 heteroatoms. The summed E-state index contributed by atoms with van der Waals surface area (Å²) in [7, 11) is 0. The number of nitrogens with zero attached hydrogens (tertiary/aromatic N) is 7. The van der Waals surface area contributed by atoms with Gasteiger partial charge in [0.15, 0.2) is 5.65 Å². The summed E-state index contributed by atoms with van der Waals surface area (Å²) in [6.45, 7) is 4.22. The molecule has 0 radical (unpaired) electrons. The first-order chi connectivity index (χ1) is 16.5. The van der Waals surface area contributed by atoms with Crippen LogP contribution in [0.1, 0.15) is 34.5 Å². The van der Waals surface area contributed by atoms with Crippen molar-refractivity contribution in [2.45, 2.75) is 33.2 Å². The number of benzene rings is 1. The largest absolute Gasteiger partial charge is 0.352 e. The Morgan fingerprint density at radius 2 is 1.97 bits per heavy atom. The molecule has 0 saturated heterocycles. The number of hydrogen-bond acceptors (Lipinski definition) is 6. The summed E-state index contributed by atoms with van der Waals surface area (Å²) >= 11 is 0. The maximum Gasteiger partial charge on any atom is 0.220 e.